The molecule has 2 N–H and O–H groups in total. The molecule has 2 nitrogen and oxygen atoms in total. The molecular formula is C15H26O2. The Morgan fingerprint density at radius 3 is 2.47 bits per heavy atom. The van der Waals surface area contributed by atoms with Crippen LogP contribution < -0.4 is 0 Å². The molecule has 2 heteroatoms. The average Bonchev–Trinajstić information content (AvgIpc) is 2.41. The first-order chi connectivity index (χ1) is 7.97. The Morgan fingerprint density at radius 1 is 1.35 bits per heavy atom. The van der Waals surface area contributed by atoms with E-state index < -0.39 is 0 Å². The van der Waals surface area contributed by atoms with Gasteiger partial charge in [0.25, 0.3) is 0 Å². The van der Waals surface area contributed by atoms with Crippen LogP contribution in [0.25, 0.3) is 0 Å². The van der Waals surface area contributed by atoms with Crippen molar-refractivity contribution in [2.75, 3.05) is 13.2 Å². The lowest BCUT2D eigenvalue weighted by Gasteiger charge is -2.43. The fourth-order valence-corrected chi connectivity index (χ4v) is 4.53. The zero-order valence-electron chi connectivity index (χ0n) is 11.3. The lowest BCUT2D eigenvalue weighted by atomic mass is 9.61. The molecule has 5 atom stereocenters. The molecule has 0 aliphatic heterocycles. The highest BCUT2D eigenvalue weighted by molar-refractivity contribution is 5.26. The van der Waals surface area contributed by atoms with Gasteiger partial charge in [-0.1, -0.05) is 32.9 Å². The molecule has 0 radical (unpaired) electrons. The highest BCUT2D eigenvalue weighted by Crippen LogP contribution is 2.63. The van der Waals surface area contributed by atoms with E-state index in [-0.39, 0.29) is 24.5 Å². The highest BCUT2D eigenvalue weighted by atomic mass is 16.3. The van der Waals surface area contributed by atoms with Gasteiger partial charge in [0, 0.05) is 19.1 Å². The minimum Gasteiger partial charge on any atom is -0.396 e. The monoisotopic (exact) mass is 238 g/mol. The number of fused-ring (bicyclic) bond motifs is 2. The van der Waals surface area contributed by atoms with E-state index >= 15 is 0 Å². The molecule has 2 saturated carbocycles. The summed E-state index contributed by atoms with van der Waals surface area (Å²) in [4.78, 5) is 0. The minimum atomic E-state index is 0.0538. The molecular weight excluding hydrogens is 212 g/mol. The lowest BCUT2D eigenvalue weighted by molar-refractivity contribution is 0.00870. The molecule has 0 aromatic heterocycles. The van der Waals surface area contributed by atoms with Gasteiger partial charge in [0.15, 0.2) is 0 Å². The Balaban J connectivity index is 2.39. The predicted octanol–water partition coefficient (Wildman–Crippen LogP) is 2.46. The van der Waals surface area contributed by atoms with E-state index in [2.05, 4.69) is 27.4 Å². The normalized spacial score (nSPS) is 45.6. The molecule has 5 unspecified atom stereocenters. The molecule has 0 amide bonds. The molecule has 98 valence electrons. The molecule has 0 aromatic carbocycles. The maximum Gasteiger partial charge on any atom is 0.0499 e. The van der Waals surface area contributed by atoms with Crippen LogP contribution in [0.1, 0.15) is 33.6 Å². The summed E-state index contributed by atoms with van der Waals surface area (Å²) in [5.74, 6) is 2.17. The maximum absolute atomic E-state index is 9.74. The Hall–Kier alpha value is -0.340. The van der Waals surface area contributed by atoms with Gasteiger partial charge >= 0.3 is 0 Å². The first kappa shape index (κ1) is 13.1. The molecule has 2 bridgehead atoms. The van der Waals surface area contributed by atoms with Crippen molar-refractivity contribution in [1.82, 2.24) is 0 Å². The van der Waals surface area contributed by atoms with Crippen LogP contribution in [0.3, 0.4) is 0 Å². The molecule has 0 spiro atoms. The zero-order chi connectivity index (χ0) is 12.8. The molecule has 0 aromatic rings. The summed E-state index contributed by atoms with van der Waals surface area (Å²) in [6.07, 6.45) is 2.33. The molecule has 0 saturated heterocycles. The smallest absolute Gasteiger partial charge is 0.0499 e. The third-order valence-electron chi connectivity index (χ3n) is 5.67. The Bertz CT molecular complexity index is 310. The summed E-state index contributed by atoms with van der Waals surface area (Å²) in [6.45, 7) is 11.4. The van der Waals surface area contributed by atoms with Gasteiger partial charge in [-0.05, 0) is 41.9 Å². The highest BCUT2D eigenvalue weighted by Gasteiger charge is 2.58. The quantitative estimate of drug-likeness (QED) is 0.742. The standard InChI is InChI=1S/C15H26O2/c1-9(2)11-5-6-15(4)10(3)12(7-16)14(11)13(15)8-17/h9,11-14,16-17H,3,5-8H2,1-2,4H3. The Kier molecular flexibility index (Phi) is 3.39. The van der Waals surface area contributed by atoms with E-state index in [4.69, 9.17) is 0 Å². The van der Waals surface area contributed by atoms with Gasteiger partial charge in [0.2, 0.25) is 0 Å². The van der Waals surface area contributed by atoms with Crippen LogP contribution in [0.5, 0.6) is 0 Å². The molecule has 2 fully saturated rings. The third-order valence-corrected chi connectivity index (χ3v) is 5.67. The second-order valence-electron chi connectivity index (χ2n) is 6.54. The SMILES string of the molecule is C=C1C(CO)C2C(C(C)C)CCC1(C)C2CO. The van der Waals surface area contributed by atoms with Gasteiger partial charge in [-0.25, -0.2) is 0 Å². The first-order valence-corrected chi connectivity index (χ1v) is 6.88. The first-order valence-electron chi connectivity index (χ1n) is 6.88. The fraction of sp³-hybridized carbons (Fsp3) is 0.867. The van der Waals surface area contributed by atoms with E-state index in [0.29, 0.717) is 23.7 Å². The van der Waals surface area contributed by atoms with Gasteiger partial charge in [0.05, 0.1) is 0 Å². The molecule has 2 aliphatic rings. The topological polar surface area (TPSA) is 40.5 Å². The summed E-state index contributed by atoms with van der Waals surface area (Å²) in [5, 5.41) is 19.4. The number of hydrogen-bond acceptors (Lipinski definition) is 2. The van der Waals surface area contributed by atoms with Crippen LogP contribution in [0.2, 0.25) is 0 Å². The molecule has 2 rings (SSSR count). The van der Waals surface area contributed by atoms with Crippen LogP contribution >= 0.6 is 0 Å². The Morgan fingerprint density at radius 2 is 2.00 bits per heavy atom. The van der Waals surface area contributed by atoms with Gasteiger partial charge < -0.3 is 10.2 Å². The van der Waals surface area contributed by atoms with Crippen LogP contribution in [0.15, 0.2) is 12.2 Å². The maximum atomic E-state index is 9.74. The average molecular weight is 238 g/mol. The molecule has 2 aliphatic carbocycles. The van der Waals surface area contributed by atoms with E-state index in [1.165, 1.54) is 12.0 Å². The predicted molar refractivity (Wildman–Crippen MR) is 69.5 cm³/mol. The van der Waals surface area contributed by atoms with Gasteiger partial charge in [-0.2, -0.15) is 0 Å². The van der Waals surface area contributed by atoms with Crippen molar-refractivity contribution in [3.8, 4) is 0 Å². The van der Waals surface area contributed by atoms with Crippen molar-refractivity contribution in [2.45, 2.75) is 33.6 Å². The van der Waals surface area contributed by atoms with Gasteiger partial charge in [-0.3, -0.25) is 0 Å². The largest absolute Gasteiger partial charge is 0.396 e. The van der Waals surface area contributed by atoms with Crippen molar-refractivity contribution in [1.29, 1.82) is 0 Å². The fourth-order valence-electron chi connectivity index (χ4n) is 4.53. The van der Waals surface area contributed by atoms with E-state index in [1.807, 2.05) is 0 Å². The van der Waals surface area contributed by atoms with Crippen molar-refractivity contribution in [2.24, 2.45) is 35.0 Å². The van der Waals surface area contributed by atoms with Crippen molar-refractivity contribution in [3.63, 3.8) is 0 Å². The van der Waals surface area contributed by atoms with Gasteiger partial charge in [-0.15, -0.1) is 0 Å². The van der Waals surface area contributed by atoms with Crippen LogP contribution in [0.4, 0.5) is 0 Å². The molecule has 0 heterocycles. The molecule has 17 heavy (non-hydrogen) atoms. The van der Waals surface area contributed by atoms with Gasteiger partial charge in [0.1, 0.15) is 0 Å². The summed E-state index contributed by atoms with van der Waals surface area (Å²) in [5.41, 5.74) is 1.24. The summed E-state index contributed by atoms with van der Waals surface area (Å²) < 4.78 is 0. The van der Waals surface area contributed by atoms with E-state index in [1.54, 1.807) is 0 Å². The number of rotatable bonds is 3. The number of aliphatic hydroxyl groups excluding tert-OH is 2. The number of hydrogen-bond donors (Lipinski definition) is 2. The van der Waals surface area contributed by atoms with Crippen molar-refractivity contribution >= 4 is 0 Å². The summed E-state index contributed by atoms with van der Waals surface area (Å²) in [7, 11) is 0. The second kappa shape index (κ2) is 4.40. The van der Waals surface area contributed by atoms with Crippen molar-refractivity contribution < 1.29 is 10.2 Å². The number of aliphatic hydroxyl groups is 2. The summed E-state index contributed by atoms with van der Waals surface area (Å²) >= 11 is 0. The van der Waals surface area contributed by atoms with E-state index in [0.717, 1.165) is 6.42 Å². The van der Waals surface area contributed by atoms with Crippen LogP contribution in [-0.2, 0) is 0 Å². The summed E-state index contributed by atoms with van der Waals surface area (Å²) in [6, 6.07) is 0. The zero-order valence-corrected chi connectivity index (χ0v) is 11.3. The minimum absolute atomic E-state index is 0.0538. The van der Waals surface area contributed by atoms with Crippen LogP contribution in [-0.4, -0.2) is 23.4 Å². The van der Waals surface area contributed by atoms with Crippen LogP contribution in [0, 0.1) is 35.0 Å². The van der Waals surface area contributed by atoms with Crippen molar-refractivity contribution in [3.05, 3.63) is 12.2 Å². The third kappa shape index (κ3) is 1.68. The lowest BCUT2D eigenvalue weighted by Crippen LogP contribution is -2.40. The van der Waals surface area contributed by atoms with E-state index in [9.17, 15) is 10.2 Å². The Labute approximate surface area is 105 Å². The second-order valence-corrected chi connectivity index (χ2v) is 6.54.